The molecule has 0 amide bonds. The molecule has 0 fully saturated rings. The van der Waals surface area contributed by atoms with Crippen LogP contribution in [-0.2, 0) is 16.1 Å². The Hall–Kier alpha value is -1.15. The summed E-state index contributed by atoms with van der Waals surface area (Å²) in [7, 11) is 0. The summed E-state index contributed by atoms with van der Waals surface area (Å²) in [4.78, 5) is 11.1. The highest BCUT2D eigenvalue weighted by molar-refractivity contribution is 5.79. The zero-order valence-corrected chi connectivity index (χ0v) is 8.53. The van der Waals surface area contributed by atoms with E-state index < -0.39 is 0 Å². The number of Topliss-reactive ketones (excluding diaryl/α,β-unsaturated/α-hetero) is 1. The maximum atomic E-state index is 11.1. The summed E-state index contributed by atoms with van der Waals surface area (Å²) in [6, 6.07) is 9.87. The summed E-state index contributed by atoms with van der Waals surface area (Å²) in [5.41, 5.74) is 1.11. The van der Waals surface area contributed by atoms with E-state index in [0.717, 1.165) is 12.0 Å². The Morgan fingerprint density at radius 2 is 2.00 bits per heavy atom. The Labute approximate surface area is 84.9 Å². The van der Waals surface area contributed by atoms with Gasteiger partial charge in [0.2, 0.25) is 0 Å². The highest BCUT2D eigenvalue weighted by Gasteiger charge is 1.99. The maximum Gasteiger partial charge on any atom is 0.158 e. The lowest BCUT2D eigenvalue weighted by molar-refractivity contribution is -0.124. The second-order valence-electron chi connectivity index (χ2n) is 3.27. The van der Waals surface area contributed by atoms with Crippen LogP contribution in [0.2, 0.25) is 0 Å². The van der Waals surface area contributed by atoms with E-state index in [9.17, 15) is 4.79 Å². The molecular formula is C12H16O2. The van der Waals surface area contributed by atoms with Crippen LogP contribution in [0.4, 0.5) is 0 Å². The molecule has 0 N–H and O–H groups in total. The molecule has 0 bridgehead atoms. The molecule has 0 unspecified atom stereocenters. The summed E-state index contributed by atoms with van der Waals surface area (Å²) in [6.45, 7) is 2.76. The van der Waals surface area contributed by atoms with Crippen molar-refractivity contribution in [1.29, 1.82) is 0 Å². The van der Waals surface area contributed by atoms with Crippen molar-refractivity contribution in [2.45, 2.75) is 26.4 Å². The Morgan fingerprint density at radius 1 is 1.29 bits per heavy atom. The molecule has 0 saturated heterocycles. The number of carbonyl (C=O) groups is 1. The Bertz CT molecular complexity index is 267. The van der Waals surface area contributed by atoms with Gasteiger partial charge in [0.15, 0.2) is 5.78 Å². The van der Waals surface area contributed by atoms with Gasteiger partial charge in [-0.2, -0.15) is 0 Å². The van der Waals surface area contributed by atoms with Crippen LogP contribution in [0.25, 0.3) is 0 Å². The van der Waals surface area contributed by atoms with Gasteiger partial charge in [0, 0.05) is 6.42 Å². The fourth-order valence-corrected chi connectivity index (χ4v) is 1.21. The van der Waals surface area contributed by atoms with E-state index in [1.807, 2.05) is 37.3 Å². The minimum atomic E-state index is 0.184. The third-order valence-corrected chi connectivity index (χ3v) is 1.90. The number of hydrogen-bond donors (Lipinski definition) is 0. The summed E-state index contributed by atoms with van der Waals surface area (Å²) in [6.07, 6.45) is 1.52. The number of rotatable bonds is 6. The van der Waals surface area contributed by atoms with Gasteiger partial charge in [-0.15, -0.1) is 0 Å². The van der Waals surface area contributed by atoms with Crippen molar-refractivity contribution in [2.75, 3.05) is 6.61 Å². The van der Waals surface area contributed by atoms with E-state index in [1.54, 1.807) is 0 Å². The molecule has 1 rings (SSSR count). The second-order valence-corrected chi connectivity index (χ2v) is 3.27. The number of carbonyl (C=O) groups excluding carboxylic acids is 1. The van der Waals surface area contributed by atoms with Crippen molar-refractivity contribution < 1.29 is 9.53 Å². The lowest BCUT2D eigenvalue weighted by Crippen LogP contribution is -2.07. The first-order valence-electron chi connectivity index (χ1n) is 4.96. The van der Waals surface area contributed by atoms with Gasteiger partial charge >= 0.3 is 0 Å². The maximum absolute atomic E-state index is 11.1. The third kappa shape index (κ3) is 4.19. The minimum absolute atomic E-state index is 0.184. The van der Waals surface area contributed by atoms with Gasteiger partial charge < -0.3 is 4.74 Å². The second kappa shape index (κ2) is 6.33. The van der Waals surface area contributed by atoms with Gasteiger partial charge in [0.1, 0.15) is 6.61 Å². The molecule has 76 valence electrons. The van der Waals surface area contributed by atoms with E-state index in [1.165, 1.54) is 0 Å². The fourth-order valence-electron chi connectivity index (χ4n) is 1.21. The summed E-state index contributed by atoms with van der Waals surface area (Å²) in [5.74, 6) is 0.184. The van der Waals surface area contributed by atoms with Gasteiger partial charge in [0.25, 0.3) is 0 Å². The summed E-state index contributed by atoms with van der Waals surface area (Å²) >= 11 is 0. The first-order valence-corrected chi connectivity index (χ1v) is 4.96. The normalized spacial score (nSPS) is 10.1. The van der Waals surface area contributed by atoms with E-state index in [2.05, 4.69) is 0 Å². The van der Waals surface area contributed by atoms with Gasteiger partial charge in [-0.1, -0.05) is 37.3 Å². The summed E-state index contributed by atoms with van der Waals surface area (Å²) < 4.78 is 5.28. The van der Waals surface area contributed by atoms with Crippen molar-refractivity contribution in [3.8, 4) is 0 Å². The van der Waals surface area contributed by atoms with Crippen molar-refractivity contribution in [2.24, 2.45) is 0 Å². The molecule has 0 atom stereocenters. The predicted octanol–water partition coefficient (Wildman–Crippen LogP) is 2.57. The molecule has 0 spiro atoms. The van der Waals surface area contributed by atoms with Crippen LogP contribution in [0, 0.1) is 0 Å². The number of ether oxygens (including phenoxy) is 1. The van der Waals surface area contributed by atoms with Crippen molar-refractivity contribution in [1.82, 2.24) is 0 Å². The average molecular weight is 192 g/mol. The number of hydrogen-bond acceptors (Lipinski definition) is 2. The Morgan fingerprint density at radius 3 is 2.64 bits per heavy atom. The number of ketones is 1. The van der Waals surface area contributed by atoms with Crippen molar-refractivity contribution in [3.05, 3.63) is 35.9 Å². The van der Waals surface area contributed by atoms with Gasteiger partial charge in [-0.3, -0.25) is 4.79 Å². The van der Waals surface area contributed by atoms with Crippen LogP contribution < -0.4 is 0 Å². The largest absolute Gasteiger partial charge is 0.369 e. The first kappa shape index (κ1) is 10.9. The van der Waals surface area contributed by atoms with E-state index in [4.69, 9.17) is 4.74 Å². The Balaban J connectivity index is 2.19. The molecule has 1 aromatic carbocycles. The van der Waals surface area contributed by atoms with Crippen molar-refractivity contribution >= 4 is 5.78 Å². The van der Waals surface area contributed by atoms with E-state index in [0.29, 0.717) is 13.0 Å². The molecule has 1 aromatic rings. The van der Waals surface area contributed by atoms with E-state index >= 15 is 0 Å². The molecule has 2 nitrogen and oxygen atoms in total. The van der Waals surface area contributed by atoms with Crippen molar-refractivity contribution in [3.63, 3.8) is 0 Å². The molecular weight excluding hydrogens is 176 g/mol. The van der Waals surface area contributed by atoms with Crippen LogP contribution in [0.5, 0.6) is 0 Å². The number of benzene rings is 1. The van der Waals surface area contributed by atoms with Crippen LogP contribution in [-0.4, -0.2) is 12.4 Å². The molecule has 0 aliphatic heterocycles. The van der Waals surface area contributed by atoms with Gasteiger partial charge in [-0.25, -0.2) is 0 Å². The SMILES string of the molecule is CCCC(=O)COCc1ccccc1. The molecule has 0 aliphatic carbocycles. The highest BCUT2D eigenvalue weighted by Crippen LogP contribution is 2.00. The Kier molecular flexibility index (Phi) is 4.94. The van der Waals surface area contributed by atoms with E-state index in [-0.39, 0.29) is 12.4 Å². The van der Waals surface area contributed by atoms with Crippen LogP contribution in [0.1, 0.15) is 25.3 Å². The monoisotopic (exact) mass is 192 g/mol. The smallest absolute Gasteiger partial charge is 0.158 e. The average Bonchev–Trinajstić information content (AvgIpc) is 2.20. The molecule has 14 heavy (non-hydrogen) atoms. The first-order chi connectivity index (χ1) is 6.83. The van der Waals surface area contributed by atoms with Crippen LogP contribution in [0.3, 0.4) is 0 Å². The molecule has 2 heteroatoms. The molecule has 0 aliphatic rings. The minimum Gasteiger partial charge on any atom is -0.369 e. The lowest BCUT2D eigenvalue weighted by Gasteiger charge is -2.02. The quantitative estimate of drug-likeness (QED) is 0.692. The van der Waals surface area contributed by atoms with Crippen LogP contribution >= 0.6 is 0 Å². The molecule has 0 aromatic heterocycles. The zero-order chi connectivity index (χ0) is 10.2. The van der Waals surface area contributed by atoms with Crippen LogP contribution in [0.15, 0.2) is 30.3 Å². The lowest BCUT2D eigenvalue weighted by atomic mass is 10.2. The molecule has 0 saturated carbocycles. The summed E-state index contributed by atoms with van der Waals surface area (Å²) in [5, 5.41) is 0. The fraction of sp³-hybridized carbons (Fsp3) is 0.417. The third-order valence-electron chi connectivity index (χ3n) is 1.90. The highest BCUT2D eigenvalue weighted by atomic mass is 16.5. The zero-order valence-electron chi connectivity index (χ0n) is 8.53. The molecule has 0 heterocycles. The topological polar surface area (TPSA) is 26.3 Å². The van der Waals surface area contributed by atoms with Gasteiger partial charge in [0.05, 0.1) is 6.61 Å². The predicted molar refractivity (Wildman–Crippen MR) is 56.0 cm³/mol. The van der Waals surface area contributed by atoms with Gasteiger partial charge in [-0.05, 0) is 12.0 Å². The standard InChI is InChI=1S/C12H16O2/c1-2-6-12(13)10-14-9-11-7-4-3-5-8-11/h3-5,7-8H,2,6,9-10H2,1H3. The molecule has 0 radical (unpaired) electrons.